The molecule has 14 heteroatoms. The Labute approximate surface area is 215 Å². The van der Waals surface area contributed by atoms with Crippen molar-refractivity contribution in [2.75, 3.05) is 9.62 Å². The van der Waals surface area contributed by atoms with E-state index in [-0.39, 0.29) is 32.0 Å². The number of nitrogens with one attached hydrogen (secondary N) is 1. The van der Waals surface area contributed by atoms with Crippen LogP contribution in [0.5, 0.6) is 0 Å². The summed E-state index contributed by atoms with van der Waals surface area (Å²) < 4.78 is 61.5. The first kappa shape index (κ1) is 27.3. The Morgan fingerprint density at radius 3 is 2.56 bits per heavy atom. The summed E-state index contributed by atoms with van der Waals surface area (Å²) in [5, 5.41) is 12.6. The molecule has 1 aromatic heterocycles. The Balaban J connectivity index is 2.00. The molecule has 0 aliphatic rings. The molecule has 3 N–H and O–H groups in total. The van der Waals surface area contributed by atoms with Gasteiger partial charge in [-0.3, -0.25) is 0 Å². The van der Waals surface area contributed by atoms with E-state index in [2.05, 4.69) is 10.3 Å². The number of aromatic nitrogens is 1. The number of halogens is 3. The van der Waals surface area contributed by atoms with Gasteiger partial charge in [-0.2, -0.15) is 5.26 Å². The van der Waals surface area contributed by atoms with E-state index < -0.39 is 44.4 Å². The average Bonchev–Trinajstić information content (AvgIpc) is 3.28. The molecule has 0 fully saturated rings. The highest BCUT2D eigenvalue weighted by atomic mass is 35.5. The number of sulfonamides is 1. The number of rotatable bonds is 6. The number of nitrogens with two attached hydrogens (primary N) is 1. The number of carbonyl (C=O) groups is 1. The predicted octanol–water partition coefficient (Wildman–Crippen LogP) is 5.15. The van der Waals surface area contributed by atoms with Crippen molar-refractivity contribution in [1.82, 2.24) is 4.98 Å². The highest BCUT2D eigenvalue weighted by molar-refractivity contribution is 7.93. The molecule has 0 aliphatic carbocycles. The van der Waals surface area contributed by atoms with Gasteiger partial charge < -0.3 is 15.8 Å². The first-order valence-corrected chi connectivity index (χ1v) is 12.9. The molecule has 3 aromatic rings. The second-order valence-corrected chi connectivity index (χ2v) is 11.2. The molecule has 0 saturated heterocycles. The zero-order valence-corrected chi connectivity index (χ0v) is 21.5. The van der Waals surface area contributed by atoms with Gasteiger partial charge in [-0.1, -0.05) is 11.6 Å². The number of nitrogens with zero attached hydrogens (tertiary/aromatic N) is 3. The number of nitriles is 1. The molecule has 9 nitrogen and oxygen atoms in total. The number of hydrogen-bond donors (Lipinski definition) is 2. The van der Waals surface area contributed by atoms with Crippen molar-refractivity contribution in [2.45, 2.75) is 37.4 Å². The lowest BCUT2D eigenvalue weighted by atomic mass is 10.1. The first-order chi connectivity index (χ1) is 16.7. The molecule has 36 heavy (non-hydrogen) atoms. The van der Waals surface area contributed by atoms with Crippen molar-refractivity contribution in [2.24, 2.45) is 5.73 Å². The van der Waals surface area contributed by atoms with Crippen LogP contribution in [0.1, 0.15) is 38.1 Å². The first-order valence-electron chi connectivity index (χ1n) is 10.1. The third-order valence-electron chi connectivity index (χ3n) is 4.50. The average molecular weight is 556 g/mol. The van der Waals surface area contributed by atoms with E-state index in [1.54, 1.807) is 0 Å². The van der Waals surface area contributed by atoms with E-state index >= 15 is 4.39 Å². The molecule has 0 aliphatic heterocycles. The normalized spacial score (nSPS) is 12.5. The van der Waals surface area contributed by atoms with E-state index in [1.165, 1.54) is 43.8 Å². The molecule has 2 aromatic carbocycles. The Morgan fingerprint density at radius 2 is 1.97 bits per heavy atom. The summed E-state index contributed by atoms with van der Waals surface area (Å²) in [5.41, 5.74) is 6.10. The molecular weight excluding hydrogens is 536 g/mol. The highest BCUT2D eigenvalue weighted by Crippen LogP contribution is 2.34. The number of ether oxygens (including phenoxy) is 1. The van der Waals surface area contributed by atoms with Crippen molar-refractivity contribution < 1.29 is 26.7 Å². The van der Waals surface area contributed by atoms with Crippen molar-refractivity contribution in [3.63, 3.8) is 0 Å². The quantitative estimate of drug-likeness (QED) is 0.398. The van der Waals surface area contributed by atoms with Gasteiger partial charge in [0.05, 0.1) is 27.9 Å². The lowest BCUT2D eigenvalue weighted by Crippen LogP contribution is -2.41. The van der Waals surface area contributed by atoms with Gasteiger partial charge in [0, 0.05) is 10.9 Å². The monoisotopic (exact) mass is 555 g/mol. The van der Waals surface area contributed by atoms with Crippen LogP contribution in [-0.2, 0) is 14.8 Å². The molecule has 0 spiro atoms. The van der Waals surface area contributed by atoms with Crippen LogP contribution >= 0.6 is 22.9 Å². The SMILES string of the molecule is CC(C)(C)OC(=O)N(c1cscn1)S(=O)(=O)c1cc(Cl)c(N[C@@H](N)c2cc(C#N)ccc2F)cc1F. The van der Waals surface area contributed by atoms with Crippen LogP contribution < -0.4 is 15.4 Å². The maximum atomic E-state index is 15.1. The molecule has 0 radical (unpaired) electrons. The van der Waals surface area contributed by atoms with Gasteiger partial charge in [-0.15, -0.1) is 15.6 Å². The molecule has 1 heterocycles. The fourth-order valence-electron chi connectivity index (χ4n) is 2.96. The number of benzene rings is 2. The number of carbonyl (C=O) groups excluding carboxylic acids is 1. The van der Waals surface area contributed by atoms with Crippen LogP contribution in [0.3, 0.4) is 0 Å². The van der Waals surface area contributed by atoms with Crippen molar-refractivity contribution >= 4 is 50.6 Å². The van der Waals surface area contributed by atoms with Crippen LogP contribution in [0.15, 0.2) is 46.1 Å². The molecular formula is C22H20ClF2N5O4S2. The molecule has 0 bridgehead atoms. The van der Waals surface area contributed by atoms with Crippen molar-refractivity contribution in [3.8, 4) is 6.07 Å². The Bertz CT molecular complexity index is 1440. The minimum atomic E-state index is -4.87. The van der Waals surface area contributed by atoms with Gasteiger partial charge >= 0.3 is 6.09 Å². The molecule has 0 saturated carbocycles. The highest BCUT2D eigenvalue weighted by Gasteiger charge is 2.38. The molecule has 0 unspecified atom stereocenters. The summed E-state index contributed by atoms with van der Waals surface area (Å²) in [6.07, 6.45) is -2.55. The standard InChI is InChI=1S/C22H20ClF2N5O4S2/c1-22(2,3)34-21(31)30(19-10-35-11-28-19)36(32,33)18-7-14(23)17(8-16(18)25)29-20(27)13-6-12(9-26)4-5-15(13)24/h4-8,10-11,20,29H,27H2,1-3H3/t20-/m1/s1. The van der Waals surface area contributed by atoms with Crippen LogP contribution in [-0.4, -0.2) is 25.1 Å². The Morgan fingerprint density at radius 1 is 1.28 bits per heavy atom. The van der Waals surface area contributed by atoms with Gasteiger partial charge in [-0.05, 0) is 51.1 Å². The van der Waals surface area contributed by atoms with Crippen LogP contribution in [0.25, 0.3) is 0 Å². The summed E-state index contributed by atoms with van der Waals surface area (Å²) in [6, 6.07) is 6.91. The number of thiazole rings is 1. The Kier molecular flexibility index (Phi) is 7.85. The van der Waals surface area contributed by atoms with E-state index in [0.717, 1.165) is 29.5 Å². The minimum absolute atomic E-state index is 0.0955. The summed E-state index contributed by atoms with van der Waals surface area (Å²) in [4.78, 5) is 15.7. The van der Waals surface area contributed by atoms with Gasteiger partial charge in [-0.25, -0.2) is 27.0 Å². The fourth-order valence-corrected chi connectivity index (χ4v) is 5.17. The van der Waals surface area contributed by atoms with Crippen molar-refractivity contribution in [1.29, 1.82) is 5.26 Å². The fraction of sp³-hybridized carbons (Fsp3) is 0.227. The maximum Gasteiger partial charge on any atom is 0.430 e. The van der Waals surface area contributed by atoms with Crippen LogP contribution in [0.4, 0.5) is 25.1 Å². The van der Waals surface area contributed by atoms with Crippen LogP contribution in [0, 0.1) is 23.0 Å². The zero-order valence-electron chi connectivity index (χ0n) is 19.1. The molecule has 1 amide bonds. The summed E-state index contributed by atoms with van der Waals surface area (Å²) >= 11 is 7.22. The maximum absolute atomic E-state index is 15.1. The van der Waals surface area contributed by atoms with Gasteiger partial charge in [0.15, 0.2) is 5.82 Å². The topological polar surface area (TPSA) is 138 Å². The lowest BCUT2D eigenvalue weighted by molar-refractivity contribution is 0.0608. The second-order valence-electron chi connectivity index (χ2n) is 8.33. The zero-order chi connectivity index (χ0) is 26.8. The van der Waals surface area contributed by atoms with Gasteiger partial charge in [0.25, 0.3) is 10.0 Å². The third-order valence-corrected chi connectivity index (χ3v) is 7.07. The Hall–Kier alpha value is -3.31. The van der Waals surface area contributed by atoms with E-state index in [0.29, 0.717) is 0 Å². The lowest BCUT2D eigenvalue weighted by Gasteiger charge is -2.26. The summed E-state index contributed by atoms with van der Waals surface area (Å²) in [5.74, 6) is -2.29. The van der Waals surface area contributed by atoms with Crippen LogP contribution in [0.2, 0.25) is 5.02 Å². The predicted molar refractivity (Wildman–Crippen MR) is 131 cm³/mol. The molecule has 3 rings (SSSR count). The summed E-state index contributed by atoms with van der Waals surface area (Å²) in [6.45, 7) is 4.60. The molecule has 190 valence electrons. The molecule has 1 atom stereocenters. The number of anilines is 2. The van der Waals surface area contributed by atoms with E-state index in [1.807, 2.05) is 6.07 Å². The summed E-state index contributed by atoms with van der Waals surface area (Å²) in [7, 11) is -4.87. The van der Waals surface area contributed by atoms with Gasteiger partial charge in [0.1, 0.15) is 28.3 Å². The van der Waals surface area contributed by atoms with E-state index in [4.69, 9.17) is 27.3 Å². The largest absolute Gasteiger partial charge is 0.443 e. The smallest absolute Gasteiger partial charge is 0.430 e. The minimum Gasteiger partial charge on any atom is -0.443 e. The number of amides is 1. The van der Waals surface area contributed by atoms with Crippen molar-refractivity contribution in [3.05, 3.63) is 69.0 Å². The van der Waals surface area contributed by atoms with E-state index in [9.17, 15) is 17.6 Å². The van der Waals surface area contributed by atoms with Gasteiger partial charge in [0.2, 0.25) is 0 Å². The second kappa shape index (κ2) is 10.4. The third kappa shape index (κ3) is 5.90. The number of hydrogen-bond acceptors (Lipinski definition) is 9.